The molecule has 0 amide bonds. The number of carboxylic acids is 6. The van der Waals surface area contributed by atoms with Crippen LogP contribution in [0, 0.1) is 0 Å². The monoisotopic (exact) mass is 434 g/mol. The van der Waals surface area contributed by atoms with Gasteiger partial charge in [-0.15, -0.1) is 0 Å². The molecule has 0 fully saturated rings. The molecular formula is C14H23N2NaO12. The second-order valence-electron chi connectivity index (χ2n) is 5.01. The van der Waals surface area contributed by atoms with Gasteiger partial charge in [0.05, 0.1) is 26.2 Å². The minimum Gasteiger partial charge on any atom is -0.550 e. The molecule has 0 unspecified atom stereocenters. The van der Waals surface area contributed by atoms with Crippen LogP contribution in [-0.2, 0) is 28.8 Å². The molecule has 0 bridgehead atoms. The summed E-state index contributed by atoms with van der Waals surface area (Å²) in [7, 11) is 0. The van der Waals surface area contributed by atoms with Crippen LogP contribution in [0.25, 0.3) is 0 Å². The molecule has 0 rings (SSSR count). The first kappa shape index (κ1) is 34.3. The first-order valence-electron chi connectivity index (χ1n) is 7.36. The van der Waals surface area contributed by atoms with Crippen LogP contribution in [0.2, 0.25) is 0 Å². The molecule has 29 heavy (non-hydrogen) atoms. The number of hydrogen-bond acceptors (Lipinski definition) is 9. The summed E-state index contributed by atoms with van der Waals surface area (Å²) in [6, 6.07) is 0. The Morgan fingerprint density at radius 1 is 0.621 bits per heavy atom. The van der Waals surface area contributed by atoms with Crippen molar-refractivity contribution in [2.24, 2.45) is 0 Å². The number of carbonyl (C=O) groups is 6. The van der Waals surface area contributed by atoms with Crippen LogP contribution in [0.3, 0.4) is 0 Å². The Morgan fingerprint density at radius 3 is 0.862 bits per heavy atom. The second kappa shape index (κ2) is 20.5. The van der Waals surface area contributed by atoms with Crippen molar-refractivity contribution in [3.63, 3.8) is 0 Å². The third-order valence-corrected chi connectivity index (χ3v) is 2.17. The van der Waals surface area contributed by atoms with Crippen molar-refractivity contribution in [3.8, 4) is 0 Å². The van der Waals surface area contributed by atoms with Crippen molar-refractivity contribution >= 4 is 35.8 Å². The molecule has 0 aliphatic carbocycles. The van der Waals surface area contributed by atoms with Crippen LogP contribution in [0.5, 0.6) is 0 Å². The molecule has 0 aliphatic heterocycles. The topological polar surface area (TPSA) is 233 Å². The predicted octanol–water partition coefficient (Wildman–Crippen LogP) is -6.22. The maximum absolute atomic E-state index is 10.6. The Hall–Kier alpha value is -2.26. The zero-order valence-corrected chi connectivity index (χ0v) is 18.2. The zero-order chi connectivity index (χ0) is 22.9. The summed E-state index contributed by atoms with van der Waals surface area (Å²) in [5.74, 6) is -6.83. The second-order valence-corrected chi connectivity index (χ2v) is 5.01. The summed E-state index contributed by atoms with van der Waals surface area (Å²) in [4.78, 5) is 62.3. The van der Waals surface area contributed by atoms with E-state index in [2.05, 4.69) is 0 Å². The Bertz CT molecular complexity index is 467. The van der Waals surface area contributed by atoms with Crippen molar-refractivity contribution in [2.75, 3.05) is 39.3 Å². The van der Waals surface area contributed by atoms with Crippen LogP contribution < -0.4 is 34.7 Å². The van der Waals surface area contributed by atoms with Crippen LogP contribution >= 0.6 is 0 Å². The fraction of sp³-hybridized carbons (Fsp3) is 0.571. The molecule has 162 valence electrons. The Labute approximate surface area is 187 Å². The molecule has 0 saturated heterocycles. The van der Waals surface area contributed by atoms with E-state index < -0.39 is 62.0 Å². The van der Waals surface area contributed by atoms with E-state index in [0.717, 1.165) is 23.6 Å². The fourth-order valence-corrected chi connectivity index (χ4v) is 1.48. The van der Waals surface area contributed by atoms with Gasteiger partial charge in [0.2, 0.25) is 0 Å². The van der Waals surface area contributed by atoms with Gasteiger partial charge in [0.1, 0.15) is 0 Å². The molecule has 0 saturated carbocycles. The number of hydrogen-bond donors (Lipinski definition) is 5. The van der Waals surface area contributed by atoms with Crippen molar-refractivity contribution in [2.45, 2.75) is 13.8 Å². The normalized spacial score (nSPS) is 9.10. The number of nitrogens with zero attached hydrogens (tertiary/aromatic N) is 2. The molecule has 0 aliphatic rings. The van der Waals surface area contributed by atoms with Gasteiger partial charge in [-0.25, -0.2) is 0 Å². The number of carboxylic acid groups (broad SMARTS) is 6. The molecule has 14 nitrogen and oxygen atoms in total. The van der Waals surface area contributed by atoms with E-state index >= 15 is 0 Å². The van der Waals surface area contributed by atoms with Gasteiger partial charge in [-0.1, -0.05) is 0 Å². The van der Waals surface area contributed by atoms with E-state index in [1.807, 2.05) is 0 Å². The van der Waals surface area contributed by atoms with Crippen LogP contribution in [-0.4, -0.2) is 110 Å². The number of rotatable bonds is 11. The van der Waals surface area contributed by atoms with E-state index in [4.69, 9.17) is 40.2 Å². The smallest absolute Gasteiger partial charge is 0.550 e. The molecule has 0 aromatic rings. The van der Waals surface area contributed by atoms with Gasteiger partial charge in [0.15, 0.2) is 0 Å². The predicted molar refractivity (Wildman–Crippen MR) is 87.4 cm³/mol. The van der Waals surface area contributed by atoms with Gasteiger partial charge < -0.3 is 35.4 Å². The van der Waals surface area contributed by atoms with Gasteiger partial charge >= 0.3 is 53.4 Å². The summed E-state index contributed by atoms with van der Waals surface area (Å²) in [6.45, 7) is -0.195. The van der Waals surface area contributed by atoms with E-state index in [1.54, 1.807) is 0 Å². The third-order valence-electron chi connectivity index (χ3n) is 2.17. The largest absolute Gasteiger partial charge is 1.00 e. The minimum atomic E-state index is -1.23. The molecule has 0 atom stereocenters. The SMILES string of the molecule is CC(=O)O.CC(=O)[O-].O=C(O)CN(CCN(CC(=O)O)CC(=O)O)CC(=O)O.[Na+]. The van der Waals surface area contributed by atoms with Gasteiger partial charge in [0, 0.05) is 26.0 Å². The average Bonchev–Trinajstić information content (AvgIpc) is 2.40. The molecule has 0 aromatic heterocycles. The molecule has 0 heterocycles. The van der Waals surface area contributed by atoms with Crippen molar-refractivity contribution < 1.29 is 89.0 Å². The van der Waals surface area contributed by atoms with Gasteiger partial charge in [0.25, 0.3) is 5.97 Å². The van der Waals surface area contributed by atoms with Crippen molar-refractivity contribution in [3.05, 3.63) is 0 Å². The molecule has 5 N–H and O–H groups in total. The summed E-state index contributed by atoms with van der Waals surface area (Å²) in [5.41, 5.74) is 0. The molecule has 0 radical (unpaired) electrons. The summed E-state index contributed by atoms with van der Waals surface area (Å²) in [6.07, 6.45) is 0. The minimum absolute atomic E-state index is 0. The van der Waals surface area contributed by atoms with Crippen LogP contribution in [0.4, 0.5) is 0 Å². The first-order chi connectivity index (χ1) is 12.7. The molecule has 0 aromatic carbocycles. The van der Waals surface area contributed by atoms with Gasteiger partial charge in [-0.2, -0.15) is 0 Å². The number of aliphatic carboxylic acids is 6. The maximum atomic E-state index is 10.6. The van der Waals surface area contributed by atoms with E-state index in [1.165, 1.54) is 0 Å². The molecule has 0 spiro atoms. The molecule has 15 heteroatoms. The maximum Gasteiger partial charge on any atom is 1.00 e. The van der Waals surface area contributed by atoms with Gasteiger partial charge in [-0.3, -0.25) is 33.8 Å². The quantitative estimate of drug-likeness (QED) is 0.190. The van der Waals surface area contributed by atoms with Crippen molar-refractivity contribution in [1.82, 2.24) is 9.80 Å². The summed E-state index contributed by atoms with van der Waals surface area (Å²) in [5, 5.41) is 50.8. The van der Waals surface area contributed by atoms with E-state index in [0.29, 0.717) is 0 Å². The first-order valence-corrected chi connectivity index (χ1v) is 7.36. The summed E-state index contributed by atoms with van der Waals surface area (Å²) < 4.78 is 0. The van der Waals surface area contributed by atoms with Crippen LogP contribution in [0.15, 0.2) is 0 Å². The van der Waals surface area contributed by atoms with Gasteiger partial charge in [-0.05, 0) is 6.92 Å². The Kier molecular flexibility index (Phi) is 24.2. The Morgan fingerprint density at radius 2 is 0.759 bits per heavy atom. The standard InChI is InChI=1S/C10H16N2O8.2C2H4O2.Na/c13-7(14)3-11(4-8(15)16)1-2-12(5-9(17)18)6-10(19)20;2*1-2(3)4;/h1-6H2,(H,13,14)(H,15,16)(H,17,18)(H,19,20);2*1H3,(H,3,4);/q;;;+1/p-1. The third kappa shape index (κ3) is 41.3. The Balaban J connectivity index is -0.000000294. The zero-order valence-electron chi connectivity index (χ0n) is 16.2. The van der Waals surface area contributed by atoms with E-state index in [9.17, 15) is 19.2 Å². The van der Waals surface area contributed by atoms with Crippen LogP contribution in [0.1, 0.15) is 13.8 Å². The fourth-order valence-electron chi connectivity index (χ4n) is 1.48. The van der Waals surface area contributed by atoms with Crippen molar-refractivity contribution in [1.29, 1.82) is 0 Å². The van der Waals surface area contributed by atoms with E-state index in [-0.39, 0.29) is 42.6 Å². The molecular weight excluding hydrogens is 411 g/mol. The number of carbonyl (C=O) groups excluding carboxylic acids is 1. The summed E-state index contributed by atoms with van der Waals surface area (Å²) >= 11 is 0. The average molecular weight is 434 g/mol.